The Hall–Kier alpha value is -1.87. The molecular weight excluding hydrogens is 276 g/mol. The van der Waals surface area contributed by atoms with Crippen LogP contribution in [0, 0.1) is 6.92 Å². The lowest BCUT2D eigenvalue weighted by atomic mass is 10.1. The summed E-state index contributed by atoms with van der Waals surface area (Å²) in [6.07, 6.45) is 0. The summed E-state index contributed by atoms with van der Waals surface area (Å²) < 4.78 is 31.0. The normalized spacial score (nSPS) is 12.4. The van der Waals surface area contributed by atoms with E-state index in [2.05, 4.69) is 4.72 Å². The second-order valence-corrected chi connectivity index (χ2v) is 6.08. The van der Waals surface area contributed by atoms with E-state index in [9.17, 15) is 18.0 Å². The van der Waals surface area contributed by atoms with E-state index in [0.717, 1.165) is 6.07 Å². The number of carboxylic acid groups (broad SMARTS) is 1. The Morgan fingerprint density at radius 1 is 1.42 bits per heavy atom. The highest BCUT2D eigenvalue weighted by molar-refractivity contribution is 7.89. The molecule has 9 heteroatoms. The van der Waals surface area contributed by atoms with E-state index < -0.39 is 33.2 Å². The molecule has 1 amide bonds. The summed E-state index contributed by atoms with van der Waals surface area (Å²) in [6, 6.07) is 0.872. The fourth-order valence-corrected chi connectivity index (χ4v) is 2.84. The molecule has 1 heterocycles. The molecule has 0 fully saturated rings. The predicted molar refractivity (Wildman–Crippen MR) is 64.0 cm³/mol. The number of aromatic carboxylic acids is 1. The number of nitrogens with two attached hydrogens (primary N) is 1. The molecular formula is C10H14N2O6S. The molecule has 19 heavy (non-hydrogen) atoms. The van der Waals surface area contributed by atoms with Gasteiger partial charge in [-0.2, -0.15) is 4.72 Å². The Bertz CT molecular complexity index is 628. The number of carbonyl (C=O) groups is 2. The monoisotopic (exact) mass is 290 g/mol. The summed E-state index contributed by atoms with van der Waals surface area (Å²) in [5.74, 6) is -2.85. The number of hydrogen-bond acceptors (Lipinski definition) is 5. The summed E-state index contributed by atoms with van der Waals surface area (Å²) >= 11 is 0. The molecule has 0 spiro atoms. The highest BCUT2D eigenvalue weighted by Gasteiger charge is 2.33. The first-order valence-corrected chi connectivity index (χ1v) is 6.63. The third-order valence-electron chi connectivity index (χ3n) is 2.38. The predicted octanol–water partition coefficient (Wildman–Crippen LogP) is -0.172. The van der Waals surface area contributed by atoms with Crippen LogP contribution in [-0.2, 0) is 14.8 Å². The van der Waals surface area contributed by atoms with Crippen molar-refractivity contribution in [3.05, 3.63) is 17.6 Å². The zero-order chi connectivity index (χ0) is 15.0. The average molecular weight is 290 g/mol. The quantitative estimate of drug-likeness (QED) is 0.687. The van der Waals surface area contributed by atoms with Crippen LogP contribution in [0.15, 0.2) is 15.4 Å². The fourth-order valence-electron chi connectivity index (χ4n) is 1.28. The van der Waals surface area contributed by atoms with Crippen LogP contribution >= 0.6 is 0 Å². The summed E-state index contributed by atoms with van der Waals surface area (Å²) in [7, 11) is -4.11. The van der Waals surface area contributed by atoms with Crippen molar-refractivity contribution in [3.8, 4) is 0 Å². The third-order valence-corrected chi connectivity index (χ3v) is 4.14. The summed E-state index contributed by atoms with van der Waals surface area (Å²) in [5.41, 5.74) is 3.56. The first kappa shape index (κ1) is 15.2. The second-order valence-electron chi connectivity index (χ2n) is 4.43. The van der Waals surface area contributed by atoms with Gasteiger partial charge in [0.15, 0.2) is 0 Å². The SMILES string of the molecule is Cc1oc(C(=O)O)cc1S(=O)(=O)NC(C)(C)C(N)=O. The molecule has 4 N–H and O–H groups in total. The molecule has 0 saturated carbocycles. The number of carbonyl (C=O) groups excluding carboxylic acids is 1. The van der Waals surface area contributed by atoms with Gasteiger partial charge in [0.1, 0.15) is 16.2 Å². The van der Waals surface area contributed by atoms with Gasteiger partial charge >= 0.3 is 5.97 Å². The molecule has 106 valence electrons. The van der Waals surface area contributed by atoms with Crippen LogP contribution < -0.4 is 10.5 Å². The lowest BCUT2D eigenvalue weighted by molar-refractivity contribution is -0.122. The van der Waals surface area contributed by atoms with E-state index in [0.29, 0.717) is 0 Å². The number of hydrogen-bond donors (Lipinski definition) is 3. The van der Waals surface area contributed by atoms with Gasteiger partial charge in [-0.1, -0.05) is 0 Å². The molecule has 0 saturated heterocycles. The summed E-state index contributed by atoms with van der Waals surface area (Å²) in [6.45, 7) is 3.89. The van der Waals surface area contributed by atoms with Gasteiger partial charge in [0.2, 0.25) is 21.7 Å². The number of primary amides is 1. The standard InChI is InChI=1S/C10H14N2O6S/c1-5-7(4-6(18-5)8(13)14)19(16,17)12-10(2,3)9(11)15/h4,12H,1-3H3,(H2,11,15)(H,13,14). The van der Waals surface area contributed by atoms with Gasteiger partial charge in [-0.25, -0.2) is 13.2 Å². The van der Waals surface area contributed by atoms with E-state index in [1.54, 1.807) is 0 Å². The van der Waals surface area contributed by atoms with Crippen molar-refractivity contribution in [3.63, 3.8) is 0 Å². The molecule has 0 atom stereocenters. The van der Waals surface area contributed by atoms with Crippen molar-refractivity contribution in [2.24, 2.45) is 5.73 Å². The summed E-state index contributed by atoms with van der Waals surface area (Å²) in [4.78, 5) is 21.5. The smallest absolute Gasteiger partial charge is 0.371 e. The molecule has 1 aromatic heterocycles. The Labute approximate surface area is 109 Å². The van der Waals surface area contributed by atoms with Crippen molar-refractivity contribution in [1.29, 1.82) is 0 Å². The van der Waals surface area contributed by atoms with E-state index in [-0.39, 0.29) is 10.7 Å². The van der Waals surface area contributed by atoms with Crippen molar-refractivity contribution in [2.45, 2.75) is 31.2 Å². The van der Waals surface area contributed by atoms with Crippen molar-refractivity contribution < 1.29 is 27.5 Å². The molecule has 0 unspecified atom stereocenters. The van der Waals surface area contributed by atoms with Crippen LogP contribution in [0.1, 0.15) is 30.2 Å². The Balaban J connectivity index is 3.22. The number of carboxylic acids is 1. The maximum absolute atomic E-state index is 12.0. The van der Waals surface area contributed by atoms with Crippen LogP contribution in [0.4, 0.5) is 0 Å². The molecule has 0 aliphatic heterocycles. The minimum atomic E-state index is -4.11. The Morgan fingerprint density at radius 2 is 1.95 bits per heavy atom. The molecule has 1 rings (SSSR count). The number of aryl methyl sites for hydroxylation is 1. The highest BCUT2D eigenvalue weighted by atomic mass is 32.2. The van der Waals surface area contributed by atoms with Gasteiger partial charge < -0.3 is 15.3 Å². The van der Waals surface area contributed by atoms with E-state index in [4.69, 9.17) is 15.3 Å². The minimum Gasteiger partial charge on any atom is -0.475 e. The zero-order valence-electron chi connectivity index (χ0n) is 10.6. The maximum atomic E-state index is 12.0. The molecule has 0 aliphatic carbocycles. The van der Waals surface area contributed by atoms with E-state index in [1.807, 2.05) is 0 Å². The number of rotatable bonds is 5. The molecule has 0 aromatic carbocycles. The van der Waals surface area contributed by atoms with E-state index >= 15 is 0 Å². The second kappa shape index (κ2) is 4.67. The first-order valence-electron chi connectivity index (χ1n) is 5.15. The van der Waals surface area contributed by atoms with Gasteiger partial charge in [0.05, 0.1) is 0 Å². The van der Waals surface area contributed by atoms with Gasteiger partial charge in [0.25, 0.3) is 0 Å². The Morgan fingerprint density at radius 3 is 2.32 bits per heavy atom. The Kier molecular flexibility index (Phi) is 3.73. The molecule has 0 bridgehead atoms. The van der Waals surface area contributed by atoms with Crippen molar-refractivity contribution in [2.75, 3.05) is 0 Å². The van der Waals surface area contributed by atoms with Crippen LogP contribution in [0.2, 0.25) is 0 Å². The minimum absolute atomic E-state index is 0.0924. The van der Waals surface area contributed by atoms with Crippen LogP contribution in [-0.4, -0.2) is 30.9 Å². The lowest BCUT2D eigenvalue weighted by Gasteiger charge is -2.21. The van der Waals surface area contributed by atoms with Gasteiger partial charge in [-0.3, -0.25) is 4.79 Å². The van der Waals surface area contributed by atoms with Crippen LogP contribution in [0.5, 0.6) is 0 Å². The highest BCUT2D eigenvalue weighted by Crippen LogP contribution is 2.21. The topological polar surface area (TPSA) is 140 Å². The summed E-state index contributed by atoms with van der Waals surface area (Å²) in [5, 5.41) is 8.73. The zero-order valence-corrected chi connectivity index (χ0v) is 11.4. The number of amides is 1. The van der Waals surface area contributed by atoms with Crippen LogP contribution in [0.25, 0.3) is 0 Å². The first-order chi connectivity index (χ1) is 8.47. The van der Waals surface area contributed by atoms with Crippen molar-refractivity contribution >= 4 is 21.9 Å². The van der Waals surface area contributed by atoms with E-state index in [1.165, 1.54) is 20.8 Å². The van der Waals surface area contributed by atoms with Gasteiger partial charge in [-0.15, -0.1) is 0 Å². The third kappa shape index (κ3) is 3.12. The fraction of sp³-hybridized carbons (Fsp3) is 0.400. The average Bonchev–Trinajstić information content (AvgIpc) is 2.59. The van der Waals surface area contributed by atoms with Crippen molar-refractivity contribution in [1.82, 2.24) is 4.72 Å². The molecule has 0 aliphatic rings. The van der Waals surface area contributed by atoms with Gasteiger partial charge in [0, 0.05) is 6.07 Å². The van der Waals surface area contributed by atoms with Crippen LogP contribution in [0.3, 0.4) is 0 Å². The largest absolute Gasteiger partial charge is 0.475 e. The number of furan rings is 1. The molecule has 0 radical (unpaired) electrons. The number of sulfonamides is 1. The maximum Gasteiger partial charge on any atom is 0.371 e. The number of nitrogens with one attached hydrogen (secondary N) is 1. The lowest BCUT2D eigenvalue weighted by Crippen LogP contribution is -2.52. The molecule has 8 nitrogen and oxygen atoms in total. The molecule has 1 aromatic rings. The van der Waals surface area contributed by atoms with Gasteiger partial charge in [-0.05, 0) is 20.8 Å².